The first-order valence-electron chi connectivity index (χ1n) is 5.63. The van der Waals surface area contributed by atoms with Crippen molar-refractivity contribution in [3.63, 3.8) is 0 Å². The number of hydrogen-bond acceptors (Lipinski definition) is 7. The molecule has 3 N–H and O–H groups in total. The van der Waals surface area contributed by atoms with E-state index in [1.54, 1.807) is 0 Å². The number of rotatable bonds is 3. The van der Waals surface area contributed by atoms with Gasteiger partial charge in [0.2, 0.25) is 11.7 Å². The lowest BCUT2D eigenvalue weighted by molar-refractivity contribution is -0.385. The Hall–Kier alpha value is -3.30. The van der Waals surface area contributed by atoms with Gasteiger partial charge in [0.25, 0.3) is 5.88 Å². The predicted octanol–water partition coefficient (Wildman–Crippen LogP) is 1.77. The van der Waals surface area contributed by atoms with Crippen molar-refractivity contribution < 1.29 is 14.1 Å². The van der Waals surface area contributed by atoms with Gasteiger partial charge in [-0.3, -0.25) is 10.1 Å². The summed E-state index contributed by atoms with van der Waals surface area (Å²) in [5.74, 6) is -1.75. The Morgan fingerprint density at radius 1 is 1.38 bits per heavy atom. The molecule has 0 spiro atoms. The molecule has 0 aliphatic rings. The van der Waals surface area contributed by atoms with Gasteiger partial charge >= 0.3 is 5.69 Å². The Bertz CT molecular complexity index is 849. The average molecular weight is 290 g/mol. The van der Waals surface area contributed by atoms with Crippen molar-refractivity contribution in [2.75, 3.05) is 5.73 Å². The lowest BCUT2D eigenvalue weighted by Gasteiger charge is -2.07. The Kier molecular flexibility index (Phi) is 2.83. The van der Waals surface area contributed by atoms with Gasteiger partial charge in [0.05, 0.1) is 11.3 Å². The number of benzene rings is 1. The van der Waals surface area contributed by atoms with E-state index in [0.717, 1.165) is 12.1 Å². The molecule has 0 fully saturated rings. The number of nitrogens with one attached hydrogen (secondary N) is 1. The van der Waals surface area contributed by atoms with Crippen LogP contribution in [0.5, 0.6) is 11.6 Å². The van der Waals surface area contributed by atoms with Crippen LogP contribution in [0.4, 0.5) is 16.0 Å². The molecule has 0 aliphatic heterocycles. The van der Waals surface area contributed by atoms with Crippen LogP contribution in [0.1, 0.15) is 0 Å². The third kappa shape index (κ3) is 2.18. The fourth-order valence-electron chi connectivity index (χ4n) is 1.74. The number of aromatic nitrogens is 4. The zero-order chi connectivity index (χ0) is 15.0. The molecule has 3 aromatic rings. The van der Waals surface area contributed by atoms with Gasteiger partial charge in [-0.1, -0.05) is 6.07 Å². The number of nitrogens with zero attached hydrogens (tertiary/aromatic N) is 4. The van der Waals surface area contributed by atoms with Crippen molar-refractivity contribution >= 4 is 22.8 Å². The maximum absolute atomic E-state index is 13.8. The minimum absolute atomic E-state index is 0.149. The molecule has 0 amide bonds. The fraction of sp³-hybridized carbons (Fsp3) is 0. The minimum atomic E-state index is -0.894. The highest BCUT2D eigenvalue weighted by Crippen LogP contribution is 2.35. The number of H-pyrrole nitrogens is 1. The molecular weight excluding hydrogens is 283 g/mol. The molecule has 0 saturated heterocycles. The largest absolute Gasteiger partial charge is 0.426 e. The molecule has 2 heterocycles. The number of imidazole rings is 1. The van der Waals surface area contributed by atoms with Crippen molar-refractivity contribution in [2.24, 2.45) is 0 Å². The van der Waals surface area contributed by atoms with Crippen LogP contribution >= 0.6 is 0 Å². The van der Waals surface area contributed by atoms with E-state index in [1.807, 2.05) is 0 Å². The normalized spacial score (nSPS) is 10.7. The van der Waals surface area contributed by atoms with Crippen LogP contribution in [0, 0.1) is 15.9 Å². The molecule has 0 radical (unpaired) electrons. The maximum atomic E-state index is 13.8. The summed E-state index contributed by atoms with van der Waals surface area (Å²) in [6.45, 7) is 0. The molecule has 0 saturated carbocycles. The van der Waals surface area contributed by atoms with Gasteiger partial charge in [0, 0.05) is 6.07 Å². The van der Waals surface area contributed by atoms with Gasteiger partial charge in [0.1, 0.15) is 5.52 Å². The lowest BCUT2D eigenvalue weighted by Crippen LogP contribution is -2.01. The quantitative estimate of drug-likeness (QED) is 0.554. The Labute approximate surface area is 115 Å². The number of nitro groups is 1. The number of nitrogens with two attached hydrogens (primary N) is 1. The highest BCUT2D eigenvalue weighted by Gasteiger charge is 2.22. The molecule has 1 aromatic carbocycles. The van der Waals surface area contributed by atoms with E-state index in [1.165, 1.54) is 12.4 Å². The van der Waals surface area contributed by atoms with Crippen LogP contribution in [-0.2, 0) is 0 Å². The third-order valence-electron chi connectivity index (χ3n) is 2.61. The molecule has 106 valence electrons. The Balaban J connectivity index is 2.15. The molecule has 0 aliphatic carbocycles. The fourth-order valence-corrected chi connectivity index (χ4v) is 1.74. The highest BCUT2D eigenvalue weighted by atomic mass is 19.1. The molecule has 10 heteroatoms. The SMILES string of the molecule is Nc1nc(Oc2c(F)cccc2[N+](=O)[O-])c2[nH]cnc2n1. The van der Waals surface area contributed by atoms with Crippen molar-refractivity contribution in [3.8, 4) is 11.6 Å². The maximum Gasteiger partial charge on any atom is 0.314 e. The second-order valence-corrected chi connectivity index (χ2v) is 3.94. The summed E-state index contributed by atoms with van der Waals surface area (Å²) in [6, 6.07) is 3.37. The topological polar surface area (TPSA) is 133 Å². The smallest absolute Gasteiger partial charge is 0.314 e. The Morgan fingerprint density at radius 3 is 2.95 bits per heavy atom. The summed E-state index contributed by atoms with van der Waals surface area (Å²) in [6.07, 6.45) is 1.32. The van der Waals surface area contributed by atoms with Crippen molar-refractivity contribution in [2.45, 2.75) is 0 Å². The molecule has 9 nitrogen and oxygen atoms in total. The number of aromatic amines is 1. The zero-order valence-corrected chi connectivity index (χ0v) is 10.3. The number of nitrogen functional groups attached to an aromatic ring is 1. The van der Waals surface area contributed by atoms with E-state index in [9.17, 15) is 14.5 Å². The average Bonchev–Trinajstić information content (AvgIpc) is 2.88. The van der Waals surface area contributed by atoms with Crippen molar-refractivity contribution in [1.82, 2.24) is 19.9 Å². The molecular formula is C11H7FN6O3. The van der Waals surface area contributed by atoms with Gasteiger partial charge < -0.3 is 15.5 Å². The van der Waals surface area contributed by atoms with Gasteiger partial charge in [-0.25, -0.2) is 9.37 Å². The van der Waals surface area contributed by atoms with E-state index < -0.39 is 22.2 Å². The summed E-state index contributed by atoms with van der Waals surface area (Å²) < 4.78 is 19.0. The van der Waals surface area contributed by atoms with Crippen LogP contribution in [-0.4, -0.2) is 24.9 Å². The summed E-state index contributed by atoms with van der Waals surface area (Å²) in [7, 11) is 0. The minimum Gasteiger partial charge on any atom is -0.426 e. The second kappa shape index (κ2) is 4.67. The summed E-state index contributed by atoms with van der Waals surface area (Å²) in [5.41, 5.74) is 5.42. The number of halogens is 1. The predicted molar refractivity (Wildman–Crippen MR) is 69.2 cm³/mol. The van der Waals surface area contributed by atoms with Gasteiger partial charge in [0.15, 0.2) is 11.5 Å². The van der Waals surface area contributed by atoms with E-state index >= 15 is 0 Å². The third-order valence-corrected chi connectivity index (χ3v) is 2.61. The summed E-state index contributed by atoms with van der Waals surface area (Å²) >= 11 is 0. The van der Waals surface area contributed by atoms with Gasteiger partial charge in [-0.15, -0.1) is 0 Å². The number of hydrogen-bond donors (Lipinski definition) is 2. The number of fused-ring (bicyclic) bond motifs is 1. The van der Waals surface area contributed by atoms with Gasteiger partial charge in [-0.05, 0) is 6.07 Å². The molecule has 0 bridgehead atoms. The summed E-state index contributed by atoms with van der Waals surface area (Å²) in [5, 5.41) is 10.9. The first-order valence-corrected chi connectivity index (χ1v) is 5.63. The number of para-hydroxylation sites is 1. The number of anilines is 1. The summed E-state index contributed by atoms with van der Waals surface area (Å²) in [4.78, 5) is 24.4. The van der Waals surface area contributed by atoms with Crippen LogP contribution in [0.3, 0.4) is 0 Å². The first kappa shape index (κ1) is 12.7. The highest BCUT2D eigenvalue weighted by molar-refractivity contribution is 5.77. The van der Waals surface area contributed by atoms with Crippen LogP contribution in [0.2, 0.25) is 0 Å². The van der Waals surface area contributed by atoms with Crippen molar-refractivity contribution in [3.05, 3.63) is 40.5 Å². The van der Waals surface area contributed by atoms with E-state index in [-0.39, 0.29) is 23.0 Å². The number of ether oxygens (including phenoxy) is 1. The molecule has 0 unspecified atom stereocenters. The van der Waals surface area contributed by atoms with E-state index in [4.69, 9.17) is 10.5 Å². The van der Waals surface area contributed by atoms with Crippen LogP contribution in [0.25, 0.3) is 11.2 Å². The van der Waals surface area contributed by atoms with Gasteiger partial charge in [-0.2, -0.15) is 9.97 Å². The molecule has 21 heavy (non-hydrogen) atoms. The number of nitro benzene ring substituents is 1. The van der Waals surface area contributed by atoms with Crippen LogP contribution in [0.15, 0.2) is 24.5 Å². The van der Waals surface area contributed by atoms with E-state index in [2.05, 4.69) is 19.9 Å². The van der Waals surface area contributed by atoms with E-state index in [0.29, 0.717) is 0 Å². The lowest BCUT2D eigenvalue weighted by atomic mass is 10.3. The standard InChI is InChI=1S/C11H7FN6O3/c12-5-2-1-3-6(18(19)20)8(5)21-10-7-9(15-4-14-7)16-11(13)17-10/h1-4H,(H3,13,14,15,16,17). The molecule has 3 rings (SSSR count). The molecule has 2 aromatic heterocycles. The zero-order valence-electron chi connectivity index (χ0n) is 10.3. The monoisotopic (exact) mass is 290 g/mol. The van der Waals surface area contributed by atoms with Crippen LogP contribution < -0.4 is 10.5 Å². The first-order chi connectivity index (χ1) is 10.1. The van der Waals surface area contributed by atoms with Crippen molar-refractivity contribution in [1.29, 1.82) is 0 Å². The molecule has 0 atom stereocenters. The Morgan fingerprint density at radius 2 is 2.19 bits per heavy atom. The second-order valence-electron chi connectivity index (χ2n) is 3.94.